The Morgan fingerprint density at radius 2 is 1.59 bits per heavy atom. The Balaban J connectivity index is 1.61. The molecule has 5 aliphatic carbocycles. The van der Waals surface area contributed by atoms with Crippen molar-refractivity contribution < 1.29 is 19.8 Å². The van der Waals surface area contributed by atoms with E-state index in [2.05, 4.69) is 54.5 Å². The van der Waals surface area contributed by atoms with Gasteiger partial charge in [0.25, 0.3) is 0 Å². The number of allylic oxidation sites excluding steroid dienone is 2. The van der Waals surface area contributed by atoms with Crippen LogP contribution < -0.4 is 0 Å². The molecule has 0 aromatic carbocycles. The lowest BCUT2D eigenvalue weighted by Gasteiger charge is -2.70. The van der Waals surface area contributed by atoms with E-state index in [0.717, 1.165) is 51.4 Å². The zero-order valence-corrected chi connectivity index (χ0v) is 22.5. The van der Waals surface area contributed by atoms with Crippen LogP contribution in [-0.2, 0) is 9.59 Å². The predicted molar refractivity (Wildman–Crippen MR) is 133 cm³/mol. The second-order valence-corrected chi connectivity index (χ2v) is 15.0. The number of aliphatic hydroxyl groups excluding tert-OH is 1. The number of aliphatic hydroxyl groups is 1. The standard InChI is InChI=1S/C30H46O4/c1-25(2)12-14-30(24(33)34)15-13-28(6)18(19(30)16-25)8-9-22-27(5)17-20(31)23(32)26(3,4)21(27)10-11-29(22,28)7/h8,19,21-23,32H,9-17H2,1-7H3,(H,33,34)/t19-,21-,22+,23-,27-,28+,29+,30-/m0/s1. The molecule has 4 heteroatoms. The summed E-state index contributed by atoms with van der Waals surface area (Å²) in [5, 5.41) is 21.3. The SMILES string of the molecule is CC1(C)CC[C@]2(C(=O)O)CC[C@]3(C)C(=CC[C@@H]4[C@@]5(C)CC(=O)[C@H](O)C(C)(C)[C@@H]5CC[C@]43C)[C@@H]2C1. The highest BCUT2D eigenvalue weighted by molar-refractivity contribution is 5.85. The molecule has 0 aromatic heterocycles. The number of aliphatic carboxylic acids is 1. The molecule has 0 aromatic rings. The van der Waals surface area contributed by atoms with Crippen LogP contribution in [0.5, 0.6) is 0 Å². The molecule has 5 aliphatic rings. The van der Waals surface area contributed by atoms with Crippen LogP contribution in [0.4, 0.5) is 0 Å². The van der Waals surface area contributed by atoms with E-state index in [4.69, 9.17) is 0 Å². The number of carbonyl (C=O) groups excluding carboxylic acids is 1. The zero-order chi connectivity index (χ0) is 25.1. The molecule has 4 fully saturated rings. The van der Waals surface area contributed by atoms with Gasteiger partial charge in [-0.25, -0.2) is 0 Å². The van der Waals surface area contributed by atoms with Gasteiger partial charge in [0.05, 0.1) is 5.41 Å². The molecule has 0 bridgehead atoms. The Bertz CT molecular complexity index is 961. The maximum absolute atomic E-state index is 13.1. The van der Waals surface area contributed by atoms with Gasteiger partial charge in [-0.2, -0.15) is 0 Å². The van der Waals surface area contributed by atoms with Gasteiger partial charge in [0.15, 0.2) is 5.78 Å². The molecular formula is C30H46O4. The molecule has 4 nitrogen and oxygen atoms in total. The van der Waals surface area contributed by atoms with E-state index >= 15 is 0 Å². The summed E-state index contributed by atoms with van der Waals surface area (Å²) in [6, 6.07) is 0. The van der Waals surface area contributed by atoms with Crippen LogP contribution >= 0.6 is 0 Å². The van der Waals surface area contributed by atoms with Crippen molar-refractivity contribution in [3.8, 4) is 0 Å². The van der Waals surface area contributed by atoms with Gasteiger partial charge in [-0.15, -0.1) is 0 Å². The van der Waals surface area contributed by atoms with Crippen molar-refractivity contribution in [2.45, 2.75) is 112 Å². The third-order valence-corrected chi connectivity index (χ3v) is 12.8. The molecule has 2 N–H and O–H groups in total. The molecular weight excluding hydrogens is 424 g/mol. The Kier molecular flexibility index (Phi) is 5.04. The number of hydrogen-bond acceptors (Lipinski definition) is 3. The van der Waals surface area contributed by atoms with E-state index in [1.165, 1.54) is 5.57 Å². The van der Waals surface area contributed by atoms with Gasteiger partial charge in [-0.3, -0.25) is 9.59 Å². The van der Waals surface area contributed by atoms with Gasteiger partial charge >= 0.3 is 5.97 Å². The average Bonchev–Trinajstić information content (AvgIpc) is 2.72. The molecule has 0 saturated heterocycles. The third kappa shape index (κ3) is 2.81. The highest BCUT2D eigenvalue weighted by atomic mass is 16.4. The number of fused-ring (bicyclic) bond motifs is 7. The van der Waals surface area contributed by atoms with E-state index < -0.39 is 22.9 Å². The van der Waals surface area contributed by atoms with Crippen LogP contribution in [-0.4, -0.2) is 28.1 Å². The molecule has 0 spiro atoms. The zero-order valence-electron chi connectivity index (χ0n) is 22.5. The molecule has 0 radical (unpaired) electrons. The summed E-state index contributed by atoms with van der Waals surface area (Å²) in [6.07, 6.45) is 9.53. The van der Waals surface area contributed by atoms with Crippen molar-refractivity contribution in [3.63, 3.8) is 0 Å². The van der Waals surface area contributed by atoms with Gasteiger partial charge in [-0.1, -0.05) is 60.1 Å². The highest BCUT2D eigenvalue weighted by Crippen LogP contribution is 2.75. The Hall–Kier alpha value is -1.16. The average molecular weight is 471 g/mol. The normalized spacial score (nSPS) is 51.3. The van der Waals surface area contributed by atoms with Gasteiger partial charge in [0, 0.05) is 11.8 Å². The van der Waals surface area contributed by atoms with Crippen LogP contribution in [0.3, 0.4) is 0 Å². The van der Waals surface area contributed by atoms with Crippen LogP contribution in [0.15, 0.2) is 11.6 Å². The van der Waals surface area contributed by atoms with Crippen LogP contribution in [0, 0.1) is 50.2 Å². The summed E-state index contributed by atoms with van der Waals surface area (Å²) in [5.74, 6) is 0.224. The smallest absolute Gasteiger partial charge is 0.310 e. The number of carbonyl (C=O) groups is 2. The number of rotatable bonds is 1. The van der Waals surface area contributed by atoms with Crippen molar-refractivity contribution in [1.29, 1.82) is 0 Å². The first-order chi connectivity index (χ1) is 15.6. The third-order valence-electron chi connectivity index (χ3n) is 12.8. The van der Waals surface area contributed by atoms with Crippen molar-refractivity contribution >= 4 is 11.8 Å². The van der Waals surface area contributed by atoms with Crippen molar-refractivity contribution in [2.75, 3.05) is 0 Å². The van der Waals surface area contributed by atoms with Gasteiger partial charge in [0.2, 0.25) is 0 Å². The fraction of sp³-hybridized carbons (Fsp3) is 0.867. The van der Waals surface area contributed by atoms with Crippen LogP contribution in [0.25, 0.3) is 0 Å². The summed E-state index contributed by atoms with van der Waals surface area (Å²) in [4.78, 5) is 25.8. The summed E-state index contributed by atoms with van der Waals surface area (Å²) in [6.45, 7) is 16.1. The first kappa shape index (κ1) is 24.5. The summed E-state index contributed by atoms with van der Waals surface area (Å²) in [7, 11) is 0. The Morgan fingerprint density at radius 3 is 2.24 bits per heavy atom. The van der Waals surface area contributed by atoms with Crippen molar-refractivity contribution in [3.05, 3.63) is 11.6 Å². The monoisotopic (exact) mass is 470 g/mol. The van der Waals surface area contributed by atoms with E-state index in [0.29, 0.717) is 18.3 Å². The van der Waals surface area contributed by atoms with Gasteiger partial charge in [0.1, 0.15) is 6.10 Å². The fourth-order valence-corrected chi connectivity index (χ4v) is 10.5. The van der Waals surface area contributed by atoms with Crippen LogP contribution in [0.2, 0.25) is 0 Å². The van der Waals surface area contributed by atoms with Gasteiger partial charge in [-0.05, 0) is 90.8 Å². The first-order valence-electron chi connectivity index (χ1n) is 13.7. The number of carboxylic acids is 1. The van der Waals surface area contributed by atoms with Crippen molar-refractivity contribution in [2.24, 2.45) is 50.2 Å². The van der Waals surface area contributed by atoms with E-state index in [1.807, 2.05) is 0 Å². The second-order valence-electron chi connectivity index (χ2n) is 15.0. The highest BCUT2D eigenvalue weighted by Gasteiger charge is 2.70. The molecule has 5 rings (SSSR count). The largest absolute Gasteiger partial charge is 0.481 e. The molecule has 0 amide bonds. The van der Waals surface area contributed by atoms with Crippen molar-refractivity contribution in [1.82, 2.24) is 0 Å². The maximum atomic E-state index is 13.1. The maximum Gasteiger partial charge on any atom is 0.310 e. The summed E-state index contributed by atoms with van der Waals surface area (Å²) >= 11 is 0. The number of ketones is 1. The minimum absolute atomic E-state index is 0.00972. The minimum Gasteiger partial charge on any atom is -0.481 e. The lowest BCUT2D eigenvalue weighted by atomic mass is 9.33. The molecule has 34 heavy (non-hydrogen) atoms. The van der Waals surface area contributed by atoms with E-state index in [1.54, 1.807) is 0 Å². The molecule has 0 heterocycles. The fourth-order valence-electron chi connectivity index (χ4n) is 10.5. The quantitative estimate of drug-likeness (QED) is 0.434. The van der Waals surface area contributed by atoms with Gasteiger partial charge < -0.3 is 10.2 Å². The lowest BCUT2D eigenvalue weighted by molar-refractivity contribution is -0.204. The number of Topliss-reactive ketones (excluding diaryl/α,β-unsaturated/α-hetero) is 1. The lowest BCUT2D eigenvalue weighted by Crippen LogP contribution is -2.66. The second kappa shape index (κ2) is 6.99. The molecule has 8 atom stereocenters. The predicted octanol–water partition coefficient (Wildman–Crippen LogP) is 6.41. The van der Waals surface area contributed by atoms with E-state index in [-0.39, 0.29) is 33.4 Å². The topological polar surface area (TPSA) is 74.6 Å². The number of carboxylic acid groups (broad SMARTS) is 1. The molecule has 4 saturated carbocycles. The summed E-state index contributed by atoms with van der Waals surface area (Å²) in [5.41, 5.74) is 0.436. The van der Waals surface area contributed by atoms with E-state index in [9.17, 15) is 19.8 Å². The number of hydrogen-bond donors (Lipinski definition) is 2. The summed E-state index contributed by atoms with van der Waals surface area (Å²) < 4.78 is 0. The Morgan fingerprint density at radius 1 is 0.941 bits per heavy atom. The molecule has 190 valence electrons. The van der Waals surface area contributed by atoms with Crippen LogP contribution in [0.1, 0.15) is 106 Å². The molecule has 0 aliphatic heterocycles. The first-order valence-corrected chi connectivity index (χ1v) is 13.7. The minimum atomic E-state index is -0.865. The molecule has 0 unspecified atom stereocenters. The Labute approximate surface area is 206 Å².